The average Bonchev–Trinajstić information content (AvgIpc) is 2.42. The smallest absolute Gasteiger partial charge is 0.329 e. The number of carboxylic acids is 1. The third-order valence-electron chi connectivity index (χ3n) is 3.23. The van der Waals surface area contributed by atoms with E-state index in [1.54, 1.807) is 0 Å². The van der Waals surface area contributed by atoms with E-state index in [9.17, 15) is 14.3 Å². The van der Waals surface area contributed by atoms with E-state index >= 15 is 0 Å². The van der Waals surface area contributed by atoms with Crippen LogP contribution in [0.15, 0.2) is 18.2 Å². The van der Waals surface area contributed by atoms with Crippen molar-refractivity contribution in [3.63, 3.8) is 0 Å². The van der Waals surface area contributed by atoms with Crippen molar-refractivity contribution in [3.8, 4) is 6.07 Å². The van der Waals surface area contributed by atoms with Crippen molar-refractivity contribution in [2.45, 2.75) is 18.4 Å². The largest absolute Gasteiger partial charge is 0.480 e. The van der Waals surface area contributed by atoms with Gasteiger partial charge in [-0.25, -0.2) is 9.18 Å². The van der Waals surface area contributed by atoms with Crippen molar-refractivity contribution >= 4 is 11.7 Å². The quantitative estimate of drug-likeness (QED) is 0.869. The summed E-state index contributed by atoms with van der Waals surface area (Å²) in [6, 6.07) is 5.74. The molecule has 1 heterocycles. The van der Waals surface area contributed by atoms with E-state index in [4.69, 9.17) is 10.00 Å². The molecule has 1 aliphatic rings. The molecule has 0 radical (unpaired) electrons. The van der Waals surface area contributed by atoms with E-state index in [-0.39, 0.29) is 24.1 Å². The molecule has 0 aromatic heterocycles. The van der Waals surface area contributed by atoms with E-state index in [1.807, 2.05) is 6.07 Å². The molecule has 19 heavy (non-hydrogen) atoms. The first-order valence-corrected chi connectivity index (χ1v) is 5.86. The van der Waals surface area contributed by atoms with Crippen LogP contribution in [0.25, 0.3) is 0 Å². The van der Waals surface area contributed by atoms with Crippen molar-refractivity contribution in [1.82, 2.24) is 0 Å². The van der Waals surface area contributed by atoms with Crippen LogP contribution in [0, 0.1) is 17.1 Å². The maximum atomic E-state index is 13.8. The number of carbonyl (C=O) groups is 1. The molecule has 1 aromatic carbocycles. The Morgan fingerprint density at radius 3 is 2.68 bits per heavy atom. The lowest BCUT2D eigenvalue weighted by Gasteiger charge is -2.34. The summed E-state index contributed by atoms with van der Waals surface area (Å²) in [5.41, 5.74) is -0.935. The molecule has 0 saturated carbocycles. The topological polar surface area (TPSA) is 82.4 Å². The van der Waals surface area contributed by atoms with Gasteiger partial charge in [-0.15, -0.1) is 0 Å². The van der Waals surface area contributed by atoms with E-state index in [0.717, 1.165) is 6.07 Å². The second-order valence-corrected chi connectivity index (χ2v) is 4.43. The van der Waals surface area contributed by atoms with Crippen molar-refractivity contribution in [2.75, 3.05) is 18.5 Å². The average molecular weight is 264 g/mol. The maximum absolute atomic E-state index is 13.8. The third kappa shape index (κ3) is 2.66. The Morgan fingerprint density at radius 1 is 1.47 bits per heavy atom. The van der Waals surface area contributed by atoms with Crippen molar-refractivity contribution in [1.29, 1.82) is 5.26 Å². The monoisotopic (exact) mass is 264 g/mol. The van der Waals surface area contributed by atoms with Gasteiger partial charge in [-0.1, -0.05) is 0 Å². The number of anilines is 1. The number of hydrogen-bond acceptors (Lipinski definition) is 4. The van der Waals surface area contributed by atoms with Gasteiger partial charge in [0.2, 0.25) is 0 Å². The SMILES string of the molecule is N#Cc1ccc(NC2(C(=O)O)CCOCC2)c(F)c1. The molecule has 1 saturated heterocycles. The van der Waals surface area contributed by atoms with Crippen LogP contribution >= 0.6 is 0 Å². The minimum absolute atomic E-state index is 0.0864. The molecule has 100 valence electrons. The number of ether oxygens (including phenoxy) is 1. The van der Waals surface area contributed by atoms with Gasteiger partial charge in [0.25, 0.3) is 0 Å². The molecule has 1 aromatic rings. The summed E-state index contributed by atoms with van der Waals surface area (Å²) in [7, 11) is 0. The van der Waals surface area contributed by atoms with E-state index in [1.165, 1.54) is 12.1 Å². The molecule has 0 bridgehead atoms. The number of nitrogens with one attached hydrogen (secondary N) is 1. The van der Waals surface area contributed by atoms with Crippen LogP contribution in [0.3, 0.4) is 0 Å². The fourth-order valence-corrected chi connectivity index (χ4v) is 2.06. The fourth-order valence-electron chi connectivity index (χ4n) is 2.06. The number of hydrogen-bond donors (Lipinski definition) is 2. The second kappa shape index (κ2) is 5.24. The Balaban J connectivity index is 2.27. The lowest BCUT2D eigenvalue weighted by Crippen LogP contribution is -2.50. The van der Waals surface area contributed by atoms with Crippen LogP contribution < -0.4 is 5.32 Å². The highest BCUT2D eigenvalue weighted by Crippen LogP contribution is 2.28. The van der Waals surface area contributed by atoms with Gasteiger partial charge >= 0.3 is 5.97 Å². The molecule has 2 N–H and O–H groups in total. The van der Waals surface area contributed by atoms with Gasteiger partial charge in [-0.05, 0) is 18.2 Å². The minimum Gasteiger partial charge on any atom is -0.480 e. The van der Waals surface area contributed by atoms with Gasteiger partial charge in [0, 0.05) is 26.1 Å². The number of benzene rings is 1. The van der Waals surface area contributed by atoms with Crippen LogP contribution in [-0.4, -0.2) is 29.8 Å². The molecule has 0 unspecified atom stereocenters. The van der Waals surface area contributed by atoms with E-state index in [0.29, 0.717) is 13.2 Å². The Morgan fingerprint density at radius 2 is 2.16 bits per heavy atom. The van der Waals surface area contributed by atoms with Gasteiger partial charge in [0.1, 0.15) is 11.4 Å². The highest BCUT2D eigenvalue weighted by Gasteiger charge is 2.40. The van der Waals surface area contributed by atoms with Crippen LogP contribution in [0.5, 0.6) is 0 Å². The van der Waals surface area contributed by atoms with Gasteiger partial charge < -0.3 is 15.2 Å². The Hall–Kier alpha value is -2.13. The van der Waals surface area contributed by atoms with Crippen molar-refractivity contribution in [3.05, 3.63) is 29.6 Å². The van der Waals surface area contributed by atoms with Crippen LogP contribution in [0.1, 0.15) is 18.4 Å². The highest BCUT2D eigenvalue weighted by molar-refractivity contribution is 5.83. The number of nitriles is 1. The molecule has 1 aliphatic heterocycles. The minimum atomic E-state index is -1.22. The number of nitrogens with zero attached hydrogens (tertiary/aromatic N) is 1. The van der Waals surface area contributed by atoms with Crippen LogP contribution in [0.4, 0.5) is 10.1 Å². The maximum Gasteiger partial charge on any atom is 0.329 e. The van der Waals surface area contributed by atoms with Gasteiger partial charge in [-0.3, -0.25) is 0 Å². The number of halogens is 1. The number of rotatable bonds is 3. The molecule has 0 aliphatic carbocycles. The molecule has 0 spiro atoms. The third-order valence-corrected chi connectivity index (χ3v) is 3.23. The zero-order valence-corrected chi connectivity index (χ0v) is 10.1. The first-order chi connectivity index (χ1) is 9.07. The van der Waals surface area contributed by atoms with Crippen LogP contribution in [-0.2, 0) is 9.53 Å². The standard InChI is InChI=1S/C13H13FN2O3/c14-10-7-9(8-15)1-2-11(10)16-13(12(17)18)3-5-19-6-4-13/h1-2,7,16H,3-6H2,(H,17,18). The second-order valence-electron chi connectivity index (χ2n) is 4.43. The Kier molecular flexibility index (Phi) is 3.67. The predicted molar refractivity (Wildman–Crippen MR) is 65.2 cm³/mol. The summed E-state index contributed by atoms with van der Waals surface area (Å²) in [5.74, 6) is -1.66. The molecule has 0 amide bonds. The summed E-state index contributed by atoms with van der Waals surface area (Å²) < 4.78 is 18.9. The summed E-state index contributed by atoms with van der Waals surface area (Å²) in [6.45, 7) is 0.633. The molecule has 5 nitrogen and oxygen atoms in total. The molecule has 2 rings (SSSR count). The fraction of sp³-hybridized carbons (Fsp3) is 0.385. The summed E-state index contributed by atoms with van der Waals surface area (Å²) >= 11 is 0. The number of carboxylic acid groups (broad SMARTS) is 1. The van der Waals surface area contributed by atoms with Crippen LogP contribution in [0.2, 0.25) is 0 Å². The lowest BCUT2D eigenvalue weighted by atomic mass is 9.89. The van der Waals surface area contributed by atoms with Gasteiger partial charge in [-0.2, -0.15) is 5.26 Å². The van der Waals surface area contributed by atoms with Gasteiger partial charge in [0.05, 0.1) is 17.3 Å². The predicted octanol–water partition coefficient (Wildman–Crippen LogP) is 1.74. The first-order valence-electron chi connectivity index (χ1n) is 5.86. The van der Waals surface area contributed by atoms with E-state index < -0.39 is 17.3 Å². The molecular formula is C13H13FN2O3. The molecule has 0 atom stereocenters. The summed E-state index contributed by atoms with van der Waals surface area (Å²) in [4.78, 5) is 11.4. The summed E-state index contributed by atoms with van der Waals surface area (Å²) in [6.07, 6.45) is 0.531. The summed E-state index contributed by atoms with van der Waals surface area (Å²) in [5, 5.41) is 20.8. The molecule has 6 heteroatoms. The van der Waals surface area contributed by atoms with E-state index in [2.05, 4.69) is 5.32 Å². The Bertz CT molecular complexity index is 533. The Labute approximate surface area is 109 Å². The normalized spacial score (nSPS) is 17.5. The zero-order chi connectivity index (χ0) is 13.9. The highest BCUT2D eigenvalue weighted by atomic mass is 19.1. The molecular weight excluding hydrogens is 251 g/mol. The zero-order valence-electron chi connectivity index (χ0n) is 10.1. The van der Waals surface area contributed by atoms with Gasteiger partial charge in [0.15, 0.2) is 0 Å². The first kappa shape index (κ1) is 13.3. The van der Waals surface area contributed by atoms with Crippen molar-refractivity contribution < 1.29 is 19.0 Å². The number of aliphatic carboxylic acids is 1. The lowest BCUT2D eigenvalue weighted by molar-refractivity contribution is -0.145. The van der Waals surface area contributed by atoms with Crippen molar-refractivity contribution in [2.24, 2.45) is 0 Å². The molecule has 1 fully saturated rings.